The minimum absolute atomic E-state index is 0.152. The molecule has 3 heterocycles. The van der Waals surface area contributed by atoms with Crippen molar-refractivity contribution in [1.82, 2.24) is 14.7 Å². The molecule has 0 aromatic heterocycles. The van der Waals surface area contributed by atoms with Crippen LogP contribution in [0.15, 0.2) is 30.3 Å². The fourth-order valence-corrected chi connectivity index (χ4v) is 4.78. The molecule has 0 bridgehead atoms. The minimum Gasteiger partial charge on any atom is -0.444 e. The Balaban J connectivity index is 1.17. The molecule has 5 nitrogen and oxygen atoms in total. The second-order valence-electron chi connectivity index (χ2n) is 9.73. The van der Waals surface area contributed by atoms with E-state index in [0.717, 1.165) is 38.8 Å². The largest absolute Gasteiger partial charge is 0.444 e. The Morgan fingerprint density at radius 3 is 2.30 bits per heavy atom. The number of piperidine rings is 1. The van der Waals surface area contributed by atoms with E-state index in [1.54, 1.807) is 0 Å². The summed E-state index contributed by atoms with van der Waals surface area (Å²) in [6.45, 7) is 13.3. The number of hydrogen-bond acceptors (Lipinski definition) is 4. The van der Waals surface area contributed by atoms with Gasteiger partial charge in [-0.15, -0.1) is 0 Å². The zero-order valence-electron chi connectivity index (χ0n) is 17.0. The van der Waals surface area contributed by atoms with Crippen molar-refractivity contribution < 1.29 is 9.53 Å². The van der Waals surface area contributed by atoms with Crippen LogP contribution in [0.4, 0.5) is 4.79 Å². The van der Waals surface area contributed by atoms with Crippen molar-refractivity contribution in [3.05, 3.63) is 35.9 Å². The van der Waals surface area contributed by atoms with Crippen molar-refractivity contribution in [2.45, 2.75) is 51.8 Å². The second-order valence-corrected chi connectivity index (χ2v) is 9.73. The number of likely N-dealkylation sites (tertiary alicyclic amines) is 3. The van der Waals surface area contributed by atoms with Crippen LogP contribution in [0.5, 0.6) is 0 Å². The van der Waals surface area contributed by atoms with Gasteiger partial charge in [-0.05, 0) is 52.3 Å². The molecule has 0 N–H and O–H groups in total. The molecular weight excluding hydrogens is 338 g/mol. The summed E-state index contributed by atoms with van der Waals surface area (Å²) in [5, 5.41) is 0. The van der Waals surface area contributed by atoms with Gasteiger partial charge in [-0.25, -0.2) is 4.79 Å². The molecule has 0 radical (unpaired) electrons. The van der Waals surface area contributed by atoms with Gasteiger partial charge in [0.05, 0.1) is 0 Å². The lowest BCUT2D eigenvalue weighted by Gasteiger charge is -2.62. The van der Waals surface area contributed by atoms with Crippen molar-refractivity contribution in [3.8, 4) is 0 Å². The molecule has 3 saturated heterocycles. The highest BCUT2D eigenvalue weighted by Gasteiger charge is 2.55. The third-order valence-corrected chi connectivity index (χ3v) is 6.10. The van der Waals surface area contributed by atoms with Crippen LogP contribution in [0.3, 0.4) is 0 Å². The summed E-state index contributed by atoms with van der Waals surface area (Å²) in [7, 11) is 0. The topological polar surface area (TPSA) is 36.0 Å². The van der Waals surface area contributed by atoms with E-state index in [0.29, 0.717) is 5.41 Å². The van der Waals surface area contributed by atoms with Gasteiger partial charge in [0.2, 0.25) is 0 Å². The summed E-state index contributed by atoms with van der Waals surface area (Å²) in [6.07, 6.45) is 2.37. The molecule has 0 aliphatic carbocycles. The fraction of sp³-hybridized carbons (Fsp3) is 0.682. The van der Waals surface area contributed by atoms with Crippen molar-refractivity contribution in [2.75, 3.05) is 39.3 Å². The summed E-state index contributed by atoms with van der Waals surface area (Å²) in [5.41, 5.74) is 1.35. The van der Waals surface area contributed by atoms with E-state index in [4.69, 9.17) is 4.74 Å². The molecule has 0 atom stereocenters. The molecule has 3 aliphatic heterocycles. The van der Waals surface area contributed by atoms with Crippen molar-refractivity contribution >= 4 is 6.09 Å². The first-order valence-corrected chi connectivity index (χ1v) is 10.3. The predicted molar refractivity (Wildman–Crippen MR) is 107 cm³/mol. The molecule has 1 spiro atoms. The van der Waals surface area contributed by atoms with Crippen LogP contribution in [-0.4, -0.2) is 71.7 Å². The maximum Gasteiger partial charge on any atom is 0.410 e. The molecule has 3 fully saturated rings. The molecule has 1 aromatic carbocycles. The van der Waals surface area contributed by atoms with Crippen LogP contribution in [-0.2, 0) is 11.3 Å². The van der Waals surface area contributed by atoms with Crippen LogP contribution in [0.1, 0.15) is 39.2 Å². The summed E-state index contributed by atoms with van der Waals surface area (Å²) in [4.78, 5) is 19.2. The van der Waals surface area contributed by atoms with E-state index in [1.807, 2.05) is 25.7 Å². The standard InChI is InChI=1S/C22H33N3O2/c1-21(2,3)27-20(26)25-16-22(17-25)14-24(15-22)19-9-11-23(12-10-19)13-18-7-5-4-6-8-18/h4-8,19H,9-17H2,1-3H3. The quantitative estimate of drug-likeness (QED) is 0.817. The van der Waals surface area contributed by atoms with Gasteiger partial charge in [-0.2, -0.15) is 0 Å². The lowest BCUT2D eigenvalue weighted by Crippen LogP contribution is -2.74. The first-order chi connectivity index (χ1) is 12.8. The number of rotatable bonds is 3. The normalized spacial score (nSPS) is 23.7. The summed E-state index contributed by atoms with van der Waals surface area (Å²) >= 11 is 0. The van der Waals surface area contributed by atoms with E-state index in [2.05, 4.69) is 40.1 Å². The summed E-state index contributed by atoms with van der Waals surface area (Å²) in [6, 6.07) is 11.5. The SMILES string of the molecule is CC(C)(C)OC(=O)N1CC2(C1)CN(C1CCN(Cc3ccccc3)CC1)C2. The van der Waals surface area contributed by atoms with Crippen LogP contribution in [0.2, 0.25) is 0 Å². The Morgan fingerprint density at radius 2 is 1.70 bits per heavy atom. The predicted octanol–water partition coefficient (Wildman–Crippen LogP) is 3.20. The van der Waals surface area contributed by atoms with Crippen molar-refractivity contribution in [3.63, 3.8) is 0 Å². The van der Waals surface area contributed by atoms with Gasteiger partial charge in [-0.1, -0.05) is 30.3 Å². The smallest absolute Gasteiger partial charge is 0.410 e. The summed E-state index contributed by atoms with van der Waals surface area (Å²) < 4.78 is 5.48. The van der Waals surface area contributed by atoms with Gasteiger partial charge in [-0.3, -0.25) is 9.80 Å². The average molecular weight is 372 g/mol. The Morgan fingerprint density at radius 1 is 1.07 bits per heavy atom. The number of ether oxygens (including phenoxy) is 1. The number of carbonyl (C=O) groups excluding carboxylic acids is 1. The molecule has 0 saturated carbocycles. The number of nitrogens with zero attached hydrogens (tertiary/aromatic N) is 3. The van der Waals surface area contributed by atoms with Crippen LogP contribution in [0.25, 0.3) is 0 Å². The van der Waals surface area contributed by atoms with E-state index >= 15 is 0 Å². The maximum absolute atomic E-state index is 12.1. The fourth-order valence-electron chi connectivity index (χ4n) is 4.78. The van der Waals surface area contributed by atoms with Gasteiger partial charge < -0.3 is 9.64 Å². The maximum atomic E-state index is 12.1. The second kappa shape index (κ2) is 7.10. The first-order valence-electron chi connectivity index (χ1n) is 10.3. The molecule has 1 amide bonds. The number of hydrogen-bond donors (Lipinski definition) is 0. The molecule has 148 valence electrons. The Hall–Kier alpha value is -1.59. The molecule has 4 rings (SSSR count). The highest BCUT2D eigenvalue weighted by Crippen LogP contribution is 2.42. The lowest BCUT2D eigenvalue weighted by atomic mass is 9.72. The zero-order valence-corrected chi connectivity index (χ0v) is 17.0. The van der Waals surface area contributed by atoms with Gasteiger partial charge in [0.25, 0.3) is 0 Å². The third kappa shape index (κ3) is 4.30. The van der Waals surface area contributed by atoms with Gasteiger partial charge in [0.15, 0.2) is 0 Å². The van der Waals surface area contributed by atoms with Crippen LogP contribution < -0.4 is 0 Å². The summed E-state index contributed by atoms with van der Waals surface area (Å²) in [5.74, 6) is 0. The molecule has 5 heteroatoms. The average Bonchev–Trinajstić information content (AvgIpc) is 2.53. The third-order valence-electron chi connectivity index (χ3n) is 6.10. The highest BCUT2D eigenvalue weighted by atomic mass is 16.6. The highest BCUT2D eigenvalue weighted by molar-refractivity contribution is 5.69. The van der Waals surface area contributed by atoms with E-state index in [-0.39, 0.29) is 6.09 Å². The molecular formula is C22H33N3O2. The van der Waals surface area contributed by atoms with Crippen LogP contribution in [0, 0.1) is 5.41 Å². The van der Waals surface area contributed by atoms with E-state index < -0.39 is 5.60 Å². The van der Waals surface area contributed by atoms with E-state index in [9.17, 15) is 4.79 Å². The van der Waals surface area contributed by atoms with Gasteiger partial charge >= 0.3 is 6.09 Å². The van der Waals surface area contributed by atoms with Crippen LogP contribution >= 0.6 is 0 Å². The number of carbonyl (C=O) groups is 1. The zero-order chi connectivity index (χ0) is 19.1. The van der Waals surface area contributed by atoms with Crippen molar-refractivity contribution in [1.29, 1.82) is 0 Å². The molecule has 3 aliphatic rings. The first kappa shape index (κ1) is 18.8. The minimum atomic E-state index is -0.404. The van der Waals surface area contributed by atoms with E-state index in [1.165, 1.54) is 31.5 Å². The number of benzene rings is 1. The monoisotopic (exact) mass is 371 g/mol. The molecule has 27 heavy (non-hydrogen) atoms. The van der Waals surface area contributed by atoms with Gasteiger partial charge in [0, 0.05) is 44.2 Å². The molecule has 1 aromatic rings. The molecule has 0 unspecified atom stereocenters. The Bertz CT molecular complexity index is 648. The number of amides is 1. The lowest BCUT2D eigenvalue weighted by molar-refractivity contribution is -0.132. The van der Waals surface area contributed by atoms with Gasteiger partial charge in [0.1, 0.15) is 5.60 Å². The van der Waals surface area contributed by atoms with Crippen molar-refractivity contribution in [2.24, 2.45) is 5.41 Å². The Kier molecular flexibility index (Phi) is 4.93. The Labute approximate surface area is 163 Å².